The number of hydrogen-bond donors (Lipinski definition) is 4. The van der Waals surface area contributed by atoms with Gasteiger partial charge in [0.2, 0.25) is 11.8 Å². The lowest BCUT2D eigenvalue weighted by molar-refractivity contribution is -0.139. The number of methoxy groups -OCH3 is 2. The van der Waals surface area contributed by atoms with Crippen molar-refractivity contribution in [3.63, 3.8) is 0 Å². The fraction of sp³-hybridized carbons (Fsp3) is 0.467. The lowest BCUT2D eigenvalue weighted by atomic mass is 9.92. The van der Waals surface area contributed by atoms with E-state index in [0.717, 1.165) is 61.9 Å². The van der Waals surface area contributed by atoms with Crippen LogP contribution < -0.4 is 15.4 Å². The number of alkyl carbamates (subject to hydrolysis) is 2. The maximum Gasteiger partial charge on any atom is 0.407 e. The van der Waals surface area contributed by atoms with Crippen LogP contribution in [0.3, 0.4) is 0 Å². The number of ether oxygens (including phenoxy) is 3. The van der Waals surface area contributed by atoms with E-state index in [0.29, 0.717) is 24.8 Å². The van der Waals surface area contributed by atoms with E-state index in [2.05, 4.69) is 50.9 Å². The molecule has 3 heterocycles. The van der Waals surface area contributed by atoms with E-state index < -0.39 is 36.4 Å². The summed E-state index contributed by atoms with van der Waals surface area (Å²) in [7, 11) is 2.55. The number of amides is 4. The van der Waals surface area contributed by atoms with Gasteiger partial charge in [-0.25, -0.2) is 19.6 Å². The van der Waals surface area contributed by atoms with Crippen LogP contribution in [0, 0.1) is 11.8 Å². The summed E-state index contributed by atoms with van der Waals surface area (Å²) in [5, 5.41) is 7.23. The first-order valence-corrected chi connectivity index (χ1v) is 20.7. The monoisotopic (exact) mass is 822 g/mol. The largest absolute Gasteiger partial charge is 0.488 e. The third-order valence-electron chi connectivity index (χ3n) is 11.4. The number of benzene rings is 3. The molecule has 15 heteroatoms. The van der Waals surface area contributed by atoms with Gasteiger partial charge in [0.1, 0.15) is 36.1 Å². The van der Waals surface area contributed by atoms with Gasteiger partial charge in [-0.05, 0) is 92.3 Å². The average molecular weight is 823 g/mol. The van der Waals surface area contributed by atoms with Crippen molar-refractivity contribution in [3.05, 3.63) is 65.9 Å². The highest BCUT2D eigenvalue weighted by atomic mass is 16.5. The summed E-state index contributed by atoms with van der Waals surface area (Å²) in [5.74, 6) is 1.62. The number of nitrogens with zero attached hydrogens (tertiary/aromatic N) is 4. The molecule has 0 aliphatic carbocycles. The average Bonchev–Trinajstić information content (AvgIpc) is 3.92. The second-order valence-electron chi connectivity index (χ2n) is 16.5. The molecule has 1 aliphatic heterocycles. The van der Waals surface area contributed by atoms with Crippen molar-refractivity contribution in [1.82, 2.24) is 40.4 Å². The van der Waals surface area contributed by atoms with Crippen LogP contribution in [0.2, 0.25) is 0 Å². The minimum absolute atomic E-state index is 0.114. The lowest BCUT2D eigenvalue weighted by Gasteiger charge is -2.37. The standard InChI is InChI=1S/C45H58N8O7/c1-12-25(6)53(43(55)38(24(4)5)51-45(57)59-11)28(9)40-46-20-36(49-40)30-13-15-32-31(17-30)22-60-37-19-33-29(18-34(32)37)14-16-35-39(33)50-41(48-35)27(8)52(21-23(2)3)42(54)26(7)47-44(56)58-10/h13-20,23-28,38H,12,21-22H2,1-11H3,(H,46,49)(H,47,56)(H,48,50)(H,51,57). The number of fused-ring (bicyclic) bond motifs is 6. The summed E-state index contributed by atoms with van der Waals surface area (Å²) >= 11 is 0. The van der Waals surface area contributed by atoms with Gasteiger partial charge in [0.25, 0.3) is 0 Å². The predicted octanol–water partition coefficient (Wildman–Crippen LogP) is 8.02. The molecule has 0 bridgehead atoms. The van der Waals surface area contributed by atoms with Crippen LogP contribution in [-0.4, -0.2) is 92.6 Å². The number of aromatic amines is 2. The third kappa shape index (κ3) is 8.75. The molecule has 320 valence electrons. The Kier molecular flexibility index (Phi) is 13.0. The van der Waals surface area contributed by atoms with E-state index in [1.807, 2.05) is 67.5 Å². The Labute approximate surface area is 350 Å². The molecule has 1 aliphatic rings. The fourth-order valence-corrected chi connectivity index (χ4v) is 7.87. The molecule has 4 amide bonds. The van der Waals surface area contributed by atoms with E-state index in [4.69, 9.17) is 24.2 Å². The number of imidazole rings is 2. The highest BCUT2D eigenvalue weighted by molar-refractivity contribution is 6.07. The molecule has 0 saturated heterocycles. The molecule has 0 radical (unpaired) electrons. The summed E-state index contributed by atoms with van der Waals surface area (Å²) < 4.78 is 15.9. The van der Waals surface area contributed by atoms with E-state index in [-0.39, 0.29) is 29.7 Å². The van der Waals surface area contributed by atoms with Gasteiger partial charge in [0.15, 0.2) is 0 Å². The van der Waals surface area contributed by atoms with Crippen molar-refractivity contribution in [2.45, 2.75) is 106 Å². The molecule has 0 saturated carbocycles. The maximum absolute atomic E-state index is 14.0. The quantitative estimate of drug-likeness (QED) is 0.0861. The van der Waals surface area contributed by atoms with Crippen LogP contribution in [0.15, 0.2) is 48.7 Å². The molecule has 0 spiro atoms. The first-order chi connectivity index (χ1) is 28.6. The van der Waals surface area contributed by atoms with E-state index in [1.54, 1.807) is 22.9 Å². The summed E-state index contributed by atoms with van der Waals surface area (Å²) in [6.07, 6.45) is 1.19. The van der Waals surface area contributed by atoms with Crippen molar-refractivity contribution in [1.29, 1.82) is 0 Å². The van der Waals surface area contributed by atoms with Gasteiger partial charge < -0.3 is 44.6 Å². The second-order valence-corrected chi connectivity index (χ2v) is 16.5. The second kappa shape index (κ2) is 18.0. The number of aromatic nitrogens is 4. The zero-order chi connectivity index (χ0) is 43.6. The van der Waals surface area contributed by atoms with Crippen LogP contribution in [0.25, 0.3) is 44.2 Å². The lowest BCUT2D eigenvalue weighted by Crippen LogP contribution is -2.54. The number of H-pyrrole nitrogens is 2. The Morgan fingerprint density at radius 3 is 2.22 bits per heavy atom. The third-order valence-corrected chi connectivity index (χ3v) is 11.4. The van der Waals surface area contributed by atoms with Gasteiger partial charge in [0.05, 0.1) is 49.2 Å². The number of carbonyl (C=O) groups is 4. The first-order valence-electron chi connectivity index (χ1n) is 20.7. The van der Waals surface area contributed by atoms with Gasteiger partial charge in [0, 0.05) is 23.5 Å². The molecule has 6 rings (SSSR count). The van der Waals surface area contributed by atoms with Gasteiger partial charge >= 0.3 is 12.2 Å². The number of hydrogen-bond acceptors (Lipinski definition) is 9. The molecule has 3 aromatic carbocycles. The number of rotatable bonds is 14. The Morgan fingerprint density at radius 1 is 0.833 bits per heavy atom. The highest BCUT2D eigenvalue weighted by Gasteiger charge is 2.35. The molecule has 15 nitrogen and oxygen atoms in total. The zero-order valence-electron chi connectivity index (χ0n) is 36.4. The molecule has 60 heavy (non-hydrogen) atoms. The predicted molar refractivity (Wildman–Crippen MR) is 230 cm³/mol. The smallest absolute Gasteiger partial charge is 0.407 e. The number of nitrogens with one attached hydrogen (secondary N) is 4. The topological polar surface area (TPSA) is 184 Å². The van der Waals surface area contributed by atoms with Crippen molar-refractivity contribution < 1.29 is 33.4 Å². The van der Waals surface area contributed by atoms with Crippen LogP contribution in [0.1, 0.15) is 98.0 Å². The normalized spacial score (nSPS) is 14.7. The minimum atomic E-state index is -0.781. The van der Waals surface area contributed by atoms with Crippen LogP contribution in [-0.2, 0) is 25.7 Å². The first kappa shape index (κ1) is 43.5. The van der Waals surface area contributed by atoms with Gasteiger partial charge in [-0.15, -0.1) is 0 Å². The van der Waals surface area contributed by atoms with Crippen LogP contribution in [0.4, 0.5) is 9.59 Å². The Morgan fingerprint density at radius 2 is 1.55 bits per heavy atom. The summed E-state index contributed by atoms with van der Waals surface area (Å²) in [4.78, 5) is 71.8. The molecular formula is C45H58N8O7. The molecule has 5 aromatic rings. The van der Waals surface area contributed by atoms with Crippen molar-refractivity contribution in [3.8, 4) is 28.1 Å². The molecular weight excluding hydrogens is 765 g/mol. The SMILES string of the molecule is CCC(C)N(C(=O)C(NC(=O)OC)C(C)C)C(C)c1ncc(-c2ccc3c(c2)COc2cc4c(ccc5[nH]c(C(C)N(CC(C)C)C(=O)C(C)NC(=O)OC)nc54)cc2-3)[nH]1. The minimum Gasteiger partial charge on any atom is -0.488 e. The molecule has 5 unspecified atom stereocenters. The van der Waals surface area contributed by atoms with E-state index >= 15 is 0 Å². The van der Waals surface area contributed by atoms with Gasteiger partial charge in [-0.2, -0.15) is 0 Å². The van der Waals surface area contributed by atoms with Gasteiger partial charge in [-0.3, -0.25) is 9.59 Å². The van der Waals surface area contributed by atoms with Crippen LogP contribution in [0.5, 0.6) is 5.75 Å². The van der Waals surface area contributed by atoms with Crippen molar-refractivity contribution in [2.75, 3.05) is 20.8 Å². The summed E-state index contributed by atoms with van der Waals surface area (Å²) in [6.45, 7) is 18.3. The molecule has 4 N–H and O–H groups in total. The zero-order valence-corrected chi connectivity index (χ0v) is 36.4. The Balaban J connectivity index is 1.26. The Hall–Kier alpha value is -6.12. The fourth-order valence-electron chi connectivity index (χ4n) is 7.87. The van der Waals surface area contributed by atoms with Crippen LogP contribution >= 0.6 is 0 Å². The molecule has 0 fully saturated rings. The number of carbonyl (C=O) groups excluding carboxylic acids is 4. The highest BCUT2D eigenvalue weighted by Crippen LogP contribution is 2.43. The van der Waals surface area contributed by atoms with Crippen molar-refractivity contribution >= 4 is 45.8 Å². The summed E-state index contributed by atoms with van der Waals surface area (Å²) in [5.41, 5.74) is 6.42. The Bertz CT molecular complexity index is 2390. The molecule has 5 atom stereocenters. The van der Waals surface area contributed by atoms with E-state index in [9.17, 15) is 19.2 Å². The summed E-state index contributed by atoms with van der Waals surface area (Å²) in [6, 6.07) is 12.0. The van der Waals surface area contributed by atoms with Crippen molar-refractivity contribution in [2.24, 2.45) is 11.8 Å². The van der Waals surface area contributed by atoms with Gasteiger partial charge in [-0.1, -0.05) is 52.8 Å². The maximum atomic E-state index is 14.0. The van der Waals surface area contributed by atoms with E-state index in [1.165, 1.54) is 14.2 Å². The molecule has 2 aromatic heterocycles.